The number of carbonyl (C=O) groups is 2. The number of methoxy groups -OCH3 is 1. The van der Waals surface area contributed by atoms with Gasteiger partial charge in [0.25, 0.3) is 0 Å². The first-order chi connectivity index (χ1) is 20.8. The molecular weight excluding hydrogens is 552 g/mol. The van der Waals surface area contributed by atoms with Crippen LogP contribution in [0.3, 0.4) is 0 Å². The lowest BCUT2D eigenvalue weighted by Gasteiger charge is -2.35. The third-order valence-electron chi connectivity index (χ3n) is 8.74. The monoisotopic (exact) mass is 596 g/mol. The number of fused-ring (bicyclic) bond motifs is 1. The molecular formula is C31H44N6O6. The van der Waals surface area contributed by atoms with Crippen LogP contribution in [0.2, 0.25) is 0 Å². The van der Waals surface area contributed by atoms with Crippen molar-refractivity contribution in [2.24, 2.45) is 10.9 Å². The third-order valence-corrected chi connectivity index (χ3v) is 8.74. The number of piperidine rings is 1. The van der Waals surface area contributed by atoms with Crippen molar-refractivity contribution in [3.63, 3.8) is 0 Å². The van der Waals surface area contributed by atoms with Gasteiger partial charge in [-0.2, -0.15) is 0 Å². The number of aryl methyl sites for hydroxylation is 1. The van der Waals surface area contributed by atoms with Gasteiger partial charge in [0.2, 0.25) is 11.8 Å². The number of carbonyl (C=O) groups excluding carboxylic acids is 2. The second-order valence-electron chi connectivity index (χ2n) is 11.8. The van der Waals surface area contributed by atoms with Gasteiger partial charge in [-0.1, -0.05) is 6.07 Å². The fraction of sp³-hybridized carbons (Fsp3) is 0.613. The number of nitrogens with one attached hydrogen (secondary N) is 2. The number of β-amino-alcohol motifs (C(OH)–C–C–N with tert-alkyl or cyclic N) is 1. The fourth-order valence-electron chi connectivity index (χ4n) is 6.07. The van der Waals surface area contributed by atoms with Gasteiger partial charge in [-0.25, -0.2) is 4.98 Å². The maximum atomic E-state index is 13.2. The van der Waals surface area contributed by atoms with Gasteiger partial charge in [-0.3, -0.25) is 19.5 Å². The van der Waals surface area contributed by atoms with Crippen molar-refractivity contribution in [3.05, 3.63) is 47.2 Å². The number of aliphatic hydroxyl groups is 1. The van der Waals surface area contributed by atoms with Gasteiger partial charge in [-0.15, -0.1) is 0 Å². The Labute approximate surface area is 252 Å². The summed E-state index contributed by atoms with van der Waals surface area (Å²) >= 11 is 0. The molecule has 3 aliphatic rings. The minimum atomic E-state index is -0.694. The number of hydrogen-bond donors (Lipinski definition) is 3. The van der Waals surface area contributed by atoms with E-state index in [4.69, 9.17) is 13.9 Å². The summed E-state index contributed by atoms with van der Waals surface area (Å²) in [6.07, 6.45) is 3.45. The van der Waals surface area contributed by atoms with Crippen LogP contribution in [0.5, 0.6) is 5.75 Å². The highest BCUT2D eigenvalue weighted by molar-refractivity contribution is 5.90. The van der Waals surface area contributed by atoms with Gasteiger partial charge >= 0.3 is 0 Å². The number of aromatic nitrogens is 1. The van der Waals surface area contributed by atoms with Crippen molar-refractivity contribution >= 4 is 17.6 Å². The molecule has 12 heteroatoms. The van der Waals surface area contributed by atoms with E-state index in [0.717, 1.165) is 68.5 Å². The number of rotatable bonds is 10. The molecule has 2 amide bonds. The molecule has 4 heterocycles. The number of aliphatic hydroxyl groups excluding tert-OH is 1. The molecule has 0 radical (unpaired) electrons. The maximum Gasteiger partial charge on any atom is 0.226 e. The third kappa shape index (κ3) is 8.12. The normalized spacial score (nSPS) is 22.0. The molecule has 3 N–H and O–H groups in total. The number of benzene rings is 1. The Hall–Kier alpha value is -3.48. The van der Waals surface area contributed by atoms with Gasteiger partial charge in [0, 0.05) is 65.8 Å². The molecule has 12 nitrogen and oxygen atoms in total. The van der Waals surface area contributed by atoms with Gasteiger partial charge in [0.1, 0.15) is 12.4 Å². The van der Waals surface area contributed by atoms with Crippen molar-refractivity contribution in [1.29, 1.82) is 0 Å². The van der Waals surface area contributed by atoms with Crippen LogP contribution in [-0.2, 0) is 33.9 Å². The van der Waals surface area contributed by atoms with Gasteiger partial charge < -0.3 is 34.5 Å². The number of amidine groups is 1. The Morgan fingerprint density at radius 2 is 2.02 bits per heavy atom. The molecule has 2 unspecified atom stereocenters. The highest BCUT2D eigenvalue weighted by atomic mass is 16.5. The molecule has 1 saturated heterocycles. The lowest BCUT2D eigenvalue weighted by molar-refractivity contribution is -0.130. The zero-order chi connectivity index (χ0) is 30.3. The zero-order valence-corrected chi connectivity index (χ0v) is 25.4. The molecule has 3 aliphatic heterocycles. The summed E-state index contributed by atoms with van der Waals surface area (Å²) in [5, 5.41) is 17.2. The highest BCUT2D eigenvalue weighted by Gasteiger charge is 2.34. The molecule has 234 valence electrons. The molecule has 0 spiro atoms. The lowest BCUT2D eigenvalue weighted by Crippen LogP contribution is -2.51. The SMILES string of the molecule is COC1CN=C(NC2CCN(C(C)=O)CC2)CC1C(=O)NC[C@H](O)CN1CCc2cc(OCc3ocnc3C)ccc2C1. The minimum absolute atomic E-state index is 0.107. The maximum absolute atomic E-state index is 13.2. The minimum Gasteiger partial charge on any atom is -0.486 e. The van der Waals surface area contributed by atoms with E-state index in [9.17, 15) is 14.7 Å². The molecule has 3 atom stereocenters. The molecule has 0 aliphatic carbocycles. The van der Waals surface area contributed by atoms with Crippen LogP contribution in [0.1, 0.15) is 48.8 Å². The summed E-state index contributed by atoms with van der Waals surface area (Å²) in [4.78, 5) is 37.6. The standard InChI is InChI=1S/C31H44N6O6/c1-20-29(43-19-34-20)18-42-26-5-4-23-16-36(9-6-22(23)12-26)17-25(39)14-33-31(40)27-13-30(32-15-28(27)41-3)35-24-7-10-37(11-8-24)21(2)38/h4-5,12,19,24-25,27-28,39H,6-11,13-18H2,1-3H3,(H,32,35)(H,33,40)/t25-,27?,28?/m0/s1. The summed E-state index contributed by atoms with van der Waals surface area (Å²) < 4.78 is 16.8. The van der Waals surface area contributed by atoms with Crippen LogP contribution in [0.25, 0.3) is 0 Å². The van der Waals surface area contributed by atoms with Crippen molar-refractivity contribution in [2.75, 3.05) is 46.4 Å². The number of oxazole rings is 1. The molecule has 1 fully saturated rings. The summed E-state index contributed by atoms with van der Waals surface area (Å²) in [5.41, 5.74) is 3.28. The van der Waals surface area contributed by atoms with E-state index >= 15 is 0 Å². The van der Waals surface area contributed by atoms with E-state index in [1.807, 2.05) is 17.9 Å². The summed E-state index contributed by atoms with van der Waals surface area (Å²) in [6.45, 7) is 7.88. The first kappa shape index (κ1) is 31.0. The topological polar surface area (TPSA) is 142 Å². The number of amides is 2. The van der Waals surface area contributed by atoms with Crippen LogP contribution in [-0.4, -0.2) is 102 Å². The lowest BCUT2D eigenvalue weighted by atomic mass is 9.93. The van der Waals surface area contributed by atoms with E-state index in [-0.39, 0.29) is 36.4 Å². The Bertz CT molecular complexity index is 1290. The van der Waals surface area contributed by atoms with Crippen molar-refractivity contribution in [1.82, 2.24) is 25.4 Å². The average molecular weight is 597 g/mol. The number of aliphatic imine (C=N–C) groups is 1. The molecule has 0 saturated carbocycles. The van der Waals surface area contributed by atoms with Crippen molar-refractivity contribution in [3.8, 4) is 5.75 Å². The second-order valence-corrected chi connectivity index (χ2v) is 11.8. The Morgan fingerprint density at radius 3 is 2.74 bits per heavy atom. The molecule has 2 aromatic rings. The van der Waals surface area contributed by atoms with E-state index in [1.165, 1.54) is 17.5 Å². The smallest absolute Gasteiger partial charge is 0.226 e. The van der Waals surface area contributed by atoms with E-state index < -0.39 is 6.10 Å². The highest BCUT2D eigenvalue weighted by Crippen LogP contribution is 2.25. The molecule has 1 aromatic heterocycles. The summed E-state index contributed by atoms with van der Waals surface area (Å²) in [6, 6.07) is 6.35. The van der Waals surface area contributed by atoms with E-state index in [0.29, 0.717) is 26.1 Å². The van der Waals surface area contributed by atoms with Gasteiger partial charge in [0.05, 0.1) is 36.2 Å². The van der Waals surface area contributed by atoms with Gasteiger partial charge in [0.15, 0.2) is 12.2 Å². The van der Waals surface area contributed by atoms with Crippen LogP contribution >= 0.6 is 0 Å². The molecule has 5 rings (SSSR count). The summed E-state index contributed by atoms with van der Waals surface area (Å²) in [7, 11) is 1.60. The molecule has 0 bridgehead atoms. The predicted octanol–water partition coefficient (Wildman–Crippen LogP) is 1.43. The summed E-state index contributed by atoms with van der Waals surface area (Å²) in [5.74, 6) is 1.91. The molecule has 1 aromatic carbocycles. The number of ether oxygens (including phenoxy) is 2. The van der Waals surface area contributed by atoms with Crippen LogP contribution in [0.4, 0.5) is 0 Å². The average Bonchev–Trinajstić information content (AvgIpc) is 3.43. The number of nitrogens with zero attached hydrogens (tertiary/aromatic N) is 4. The largest absolute Gasteiger partial charge is 0.486 e. The van der Waals surface area contributed by atoms with E-state index in [2.05, 4.69) is 37.6 Å². The fourth-order valence-corrected chi connectivity index (χ4v) is 6.07. The van der Waals surface area contributed by atoms with Crippen LogP contribution in [0.15, 0.2) is 34.0 Å². The van der Waals surface area contributed by atoms with Crippen LogP contribution in [0, 0.1) is 12.8 Å². The second kappa shape index (κ2) is 14.3. The van der Waals surface area contributed by atoms with Crippen molar-refractivity contribution < 1.29 is 28.6 Å². The quantitative estimate of drug-likeness (QED) is 0.371. The van der Waals surface area contributed by atoms with E-state index in [1.54, 1.807) is 14.0 Å². The predicted molar refractivity (Wildman–Crippen MR) is 160 cm³/mol. The Morgan fingerprint density at radius 1 is 1.21 bits per heavy atom. The number of likely N-dealkylation sites (tertiary alicyclic amines) is 1. The Kier molecular flexibility index (Phi) is 10.3. The Balaban J connectivity index is 1.06. The van der Waals surface area contributed by atoms with Crippen molar-refractivity contribution in [2.45, 2.75) is 70.9 Å². The molecule has 43 heavy (non-hydrogen) atoms. The zero-order valence-electron chi connectivity index (χ0n) is 25.4. The number of hydrogen-bond acceptors (Lipinski definition) is 10. The first-order valence-corrected chi connectivity index (χ1v) is 15.2. The first-order valence-electron chi connectivity index (χ1n) is 15.2. The van der Waals surface area contributed by atoms with Crippen LogP contribution < -0.4 is 15.4 Å². The van der Waals surface area contributed by atoms with Gasteiger partial charge in [-0.05, 0) is 49.4 Å².